The van der Waals surface area contributed by atoms with Crippen LogP contribution in [0.15, 0.2) is 24.9 Å². The molecule has 1 atom stereocenters. The molecule has 0 aliphatic carbocycles. The Morgan fingerprint density at radius 1 is 1.74 bits per heavy atom. The zero-order valence-electron chi connectivity index (χ0n) is 11.5. The van der Waals surface area contributed by atoms with Crippen LogP contribution in [0, 0.1) is 0 Å². The summed E-state index contributed by atoms with van der Waals surface area (Å²) in [6.45, 7) is 8.29. The van der Waals surface area contributed by atoms with Gasteiger partial charge in [-0.25, -0.2) is 9.48 Å². The van der Waals surface area contributed by atoms with Gasteiger partial charge in [-0.1, -0.05) is 13.0 Å². The fourth-order valence-electron chi connectivity index (χ4n) is 1.68. The average Bonchev–Trinajstić information content (AvgIpc) is 2.85. The molecule has 0 bridgehead atoms. The lowest BCUT2D eigenvalue weighted by Gasteiger charge is -2.21. The second-order valence-corrected chi connectivity index (χ2v) is 4.31. The molecule has 0 aliphatic rings. The smallest absolute Gasteiger partial charge is 0.323 e. The van der Waals surface area contributed by atoms with Crippen LogP contribution < -0.4 is 5.32 Å². The molecule has 6 nitrogen and oxygen atoms in total. The van der Waals surface area contributed by atoms with E-state index in [1.54, 1.807) is 23.0 Å². The molecule has 1 rings (SSSR count). The number of carbonyl (C=O) groups excluding carboxylic acids is 1. The Morgan fingerprint density at radius 2 is 2.47 bits per heavy atom. The Bertz CT molecular complexity index is 417. The number of aromatic nitrogens is 2. The third kappa shape index (κ3) is 4.10. The molecule has 0 aliphatic heterocycles. The molecule has 106 valence electrons. The molecular formula is C13H22N4O2. The minimum Gasteiger partial charge on any atom is -0.395 e. The molecule has 1 heterocycles. The van der Waals surface area contributed by atoms with E-state index < -0.39 is 0 Å². The molecule has 1 unspecified atom stereocenters. The molecule has 0 aromatic carbocycles. The first-order valence-corrected chi connectivity index (χ1v) is 6.45. The average molecular weight is 266 g/mol. The van der Waals surface area contributed by atoms with E-state index in [4.69, 9.17) is 5.11 Å². The van der Waals surface area contributed by atoms with Crippen molar-refractivity contribution < 1.29 is 9.90 Å². The lowest BCUT2D eigenvalue weighted by molar-refractivity contribution is 0.195. The molecule has 19 heavy (non-hydrogen) atoms. The van der Waals surface area contributed by atoms with E-state index in [1.165, 1.54) is 4.90 Å². The molecule has 0 fully saturated rings. The number of aliphatic hydroxyl groups excluding tert-OH is 1. The van der Waals surface area contributed by atoms with E-state index >= 15 is 0 Å². The van der Waals surface area contributed by atoms with Gasteiger partial charge >= 0.3 is 6.03 Å². The highest BCUT2D eigenvalue weighted by molar-refractivity contribution is 5.88. The Hall–Kier alpha value is -1.82. The number of urea groups is 1. The highest BCUT2D eigenvalue weighted by Crippen LogP contribution is 2.16. The molecule has 0 radical (unpaired) electrons. The summed E-state index contributed by atoms with van der Waals surface area (Å²) in [4.78, 5) is 13.6. The number of amides is 2. The number of nitrogens with one attached hydrogen (secondary N) is 1. The fraction of sp³-hybridized carbons (Fsp3) is 0.538. The van der Waals surface area contributed by atoms with Gasteiger partial charge in [-0.15, -0.1) is 6.58 Å². The highest BCUT2D eigenvalue weighted by Gasteiger charge is 2.15. The van der Waals surface area contributed by atoms with Gasteiger partial charge in [0.2, 0.25) is 0 Å². The van der Waals surface area contributed by atoms with Crippen molar-refractivity contribution in [2.75, 3.05) is 25.0 Å². The predicted octanol–water partition coefficient (Wildman–Crippen LogP) is 1.87. The summed E-state index contributed by atoms with van der Waals surface area (Å²) in [5.74, 6) is 0.659. The lowest BCUT2D eigenvalue weighted by Crippen LogP contribution is -2.37. The van der Waals surface area contributed by atoms with E-state index in [0.29, 0.717) is 12.4 Å². The van der Waals surface area contributed by atoms with Crippen molar-refractivity contribution in [3.05, 3.63) is 24.9 Å². The summed E-state index contributed by atoms with van der Waals surface area (Å²) in [5.41, 5.74) is 0. The summed E-state index contributed by atoms with van der Waals surface area (Å²) in [5, 5.41) is 16.0. The minimum absolute atomic E-state index is 0.0775. The normalized spacial score (nSPS) is 11.9. The van der Waals surface area contributed by atoms with Crippen LogP contribution in [0.2, 0.25) is 0 Å². The van der Waals surface area contributed by atoms with E-state index in [1.807, 2.05) is 6.92 Å². The van der Waals surface area contributed by atoms with Gasteiger partial charge < -0.3 is 10.0 Å². The summed E-state index contributed by atoms with van der Waals surface area (Å²) in [6, 6.07) is 1.71. The maximum absolute atomic E-state index is 12.1. The van der Waals surface area contributed by atoms with Crippen molar-refractivity contribution in [2.24, 2.45) is 0 Å². The van der Waals surface area contributed by atoms with Gasteiger partial charge in [-0.2, -0.15) is 5.10 Å². The monoisotopic (exact) mass is 266 g/mol. The SMILES string of the molecule is C=CCN(CCO)C(=O)Nc1ccnn1C(C)CC. The molecule has 6 heteroatoms. The number of anilines is 1. The number of hydrogen-bond acceptors (Lipinski definition) is 3. The van der Waals surface area contributed by atoms with Crippen LogP contribution in [0.5, 0.6) is 0 Å². The molecular weight excluding hydrogens is 244 g/mol. The van der Waals surface area contributed by atoms with Crippen molar-refractivity contribution in [3.8, 4) is 0 Å². The zero-order valence-corrected chi connectivity index (χ0v) is 11.5. The molecule has 2 amide bonds. The summed E-state index contributed by atoms with van der Waals surface area (Å²) < 4.78 is 1.78. The Morgan fingerprint density at radius 3 is 3.05 bits per heavy atom. The Balaban J connectivity index is 2.75. The maximum atomic E-state index is 12.1. The van der Waals surface area contributed by atoms with E-state index in [-0.39, 0.29) is 25.2 Å². The summed E-state index contributed by atoms with van der Waals surface area (Å²) in [7, 11) is 0. The number of rotatable bonds is 7. The van der Waals surface area contributed by atoms with Gasteiger partial charge in [0.15, 0.2) is 0 Å². The minimum atomic E-state index is -0.265. The van der Waals surface area contributed by atoms with Gasteiger partial charge in [0.1, 0.15) is 5.82 Å². The van der Waals surface area contributed by atoms with E-state index in [9.17, 15) is 4.79 Å². The van der Waals surface area contributed by atoms with Gasteiger partial charge in [0, 0.05) is 19.2 Å². The second-order valence-electron chi connectivity index (χ2n) is 4.31. The van der Waals surface area contributed by atoms with Gasteiger partial charge in [0.25, 0.3) is 0 Å². The largest absolute Gasteiger partial charge is 0.395 e. The maximum Gasteiger partial charge on any atom is 0.323 e. The predicted molar refractivity (Wildman–Crippen MR) is 75.1 cm³/mol. The van der Waals surface area contributed by atoms with Crippen molar-refractivity contribution in [2.45, 2.75) is 26.3 Å². The van der Waals surface area contributed by atoms with Gasteiger partial charge in [-0.05, 0) is 13.3 Å². The lowest BCUT2D eigenvalue weighted by atomic mass is 10.3. The number of carbonyl (C=O) groups is 1. The van der Waals surface area contributed by atoms with E-state index in [0.717, 1.165) is 6.42 Å². The standard InChI is InChI=1S/C13H22N4O2/c1-4-8-16(9-10-18)13(19)15-12-6-7-14-17(12)11(3)5-2/h4,6-7,11,18H,1,5,8-10H2,2-3H3,(H,15,19). The first kappa shape index (κ1) is 15.2. The molecule has 0 spiro atoms. The van der Waals surface area contributed by atoms with Crippen molar-refractivity contribution in [1.82, 2.24) is 14.7 Å². The zero-order chi connectivity index (χ0) is 14.3. The third-order valence-electron chi connectivity index (χ3n) is 2.92. The van der Waals surface area contributed by atoms with Crippen LogP contribution in [-0.2, 0) is 0 Å². The first-order chi connectivity index (χ1) is 9.13. The third-order valence-corrected chi connectivity index (χ3v) is 2.92. The first-order valence-electron chi connectivity index (χ1n) is 6.45. The quantitative estimate of drug-likeness (QED) is 0.740. The van der Waals surface area contributed by atoms with Crippen molar-refractivity contribution in [1.29, 1.82) is 0 Å². The van der Waals surface area contributed by atoms with Gasteiger partial charge in [0.05, 0.1) is 18.8 Å². The Kier molecular flexibility index (Phi) is 6.08. The van der Waals surface area contributed by atoms with Crippen LogP contribution in [0.3, 0.4) is 0 Å². The van der Waals surface area contributed by atoms with Crippen LogP contribution in [-0.4, -0.2) is 45.5 Å². The fourth-order valence-corrected chi connectivity index (χ4v) is 1.68. The summed E-state index contributed by atoms with van der Waals surface area (Å²) >= 11 is 0. The van der Waals surface area contributed by atoms with E-state index in [2.05, 4.69) is 23.9 Å². The number of aliphatic hydroxyl groups is 1. The van der Waals surface area contributed by atoms with Crippen LogP contribution >= 0.6 is 0 Å². The van der Waals surface area contributed by atoms with Crippen LogP contribution in [0.25, 0.3) is 0 Å². The second kappa shape index (κ2) is 7.58. The highest BCUT2D eigenvalue weighted by atomic mass is 16.3. The molecule has 1 aromatic heterocycles. The summed E-state index contributed by atoms with van der Waals surface area (Å²) in [6.07, 6.45) is 4.21. The van der Waals surface area contributed by atoms with Crippen LogP contribution in [0.1, 0.15) is 26.3 Å². The number of nitrogens with zero attached hydrogens (tertiary/aromatic N) is 3. The van der Waals surface area contributed by atoms with Crippen LogP contribution in [0.4, 0.5) is 10.6 Å². The molecule has 2 N–H and O–H groups in total. The molecule has 1 aromatic rings. The topological polar surface area (TPSA) is 70.4 Å². The molecule has 0 saturated carbocycles. The Labute approximate surface area is 113 Å². The number of hydrogen-bond donors (Lipinski definition) is 2. The van der Waals surface area contributed by atoms with Crippen molar-refractivity contribution in [3.63, 3.8) is 0 Å². The van der Waals surface area contributed by atoms with Gasteiger partial charge in [-0.3, -0.25) is 5.32 Å². The van der Waals surface area contributed by atoms with Crippen molar-refractivity contribution >= 4 is 11.8 Å². The molecule has 0 saturated heterocycles.